The first kappa shape index (κ1) is 20.3. The number of ether oxygens (including phenoxy) is 1. The minimum absolute atomic E-state index is 0.202. The predicted molar refractivity (Wildman–Crippen MR) is 111 cm³/mol. The molecule has 4 rings (SSSR count). The lowest BCUT2D eigenvalue weighted by Crippen LogP contribution is -2.58. The van der Waals surface area contributed by atoms with Crippen LogP contribution in [0.1, 0.15) is 71.6 Å². The van der Waals surface area contributed by atoms with Gasteiger partial charge in [0.05, 0.1) is 17.5 Å². The van der Waals surface area contributed by atoms with Crippen LogP contribution >= 0.6 is 15.9 Å². The van der Waals surface area contributed by atoms with Crippen LogP contribution in [0, 0.1) is 40.4 Å². The van der Waals surface area contributed by atoms with Crippen LogP contribution in [0.5, 0.6) is 0 Å². The molecule has 154 valence electrons. The molecule has 4 saturated carbocycles. The molecule has 0 aromatic rings. The van der Waals surface area contributed by atoms with E-state index in [0.717, 1.165) is 38.2 Å². The fourth-order valence-electron chi connectivity index (χ4n) is 8.41. The summed E-state index contributed by atoms with van der Waals surface area (Å²) in [4.78, 5) is 12.6. The summed E-state index contributed by atoms with van der Waals surface area (Å²) in [5.74, 6) is 3.42. The van der Waals surface area contributed by atoms with E-state index >= 15 is 0 Å². The third-order valence-electron chi connectivity index (χ3n) is 9.59. The molecule has 0 spiro atoms. The molecule has 0 bridgehead atoms. The summed E-state index contributed by atoms with van der Waals surface area (Å²) in [6, 6.07) is 0. The van der Waals surface area contributed by atoms with Gasteiger partial charge in [0.25, 0.3) is 0 Å². The van der Waals surface area contributed by atoms with Gasteiger partial charge in [0, 0.05) is 13.0 Å². The molecule has 0 amide bonds. The van der Waals surface area contributed by atoms with Crippen molar-refractivity contribution in [3.8, 4) is 0 Å². The number of hydrogen-bond acceptors (Lipinski definition) is 3. The zero-order chi connectivity index (χ0) is 19.4. The molecule has 27 heavy (non-hydrogen) atoms. The van der Waals surface area contributed by atoms with Gasteiger partial charge in [0.1, 0.15) is 5.78 Å². The molecule has 2 unspecified atom stereocenters. The van der Waals surface area contributed by atoms with Crippen LogP contribution in [0.4, 0.5) is 0 Å². The predicted octanol–water partition coefficient (Wildman–Crippen LogP) is 4.99. The number of carbonyl (C=O) groups excluding carboxylic acids is 1. The van der Waals surface area contributed by atoms with Crippen molar-refractivity contribution in [2.45, 2.75) is 77.2 Å². The van der Waals surface area contributed by atoms with Crippen molar-refractivity contribution in [3.05, 3.63) is 0 Å². The average Bonchev–Trinajstić information content (AvgIpc) is 2.98. The molecule has 4 aliphatic carbocycles. The van der Waals surface area contributed by atoms with Gasteiger partial charge in [-0.1, -0.05) is 22.9 Å². The van der Waals surface area contributed by atoms with Crippen molar-refractivity contribution in [1.29, 1.82) is 0 Å². The smallest absolute Gasteiger partial charge is 0.147 e. The highest BCUT2D eigenvalue weighted by Gasteiger charge is 2.62. The number of hydrogen-bond donors (Lipinski definition) is 1. The molecule has 4 heteroatoms. The Morgan fingerprint density at radius 2 is 1.85 bits per heavy atom. The van der Waals surface area contributed by atoms with Gasteiger partial charge >= 0.3 is 0 Å². The molecular weight excluding hydrogens is 404 g/mol. The molecule has 0 radical (unpaired) electrons. The maximum absolute atomic E-state index is 12.6. The van der Waals surface area contributed by atoms with Gasteiger partial charge in [-0.2, -0.15) is 0 Å². The Hall–Kier alpha value is 0.0700. The van der Waals surface area contributed by atoms with Gasteiger partial charge in [-0.05, 0) is 99.2 Å². The highest BCUT2D eigenvalue weighted by molar-refractivity contribution is 9.09. The average molecular weight is 441 g/mol. The second kappa shape index (κ2) is 7.09. The monoisotopic (exact) mass is 440 g/mol. The number of alkyl halides is 1. The number of carbonyl (C=O) groups is 1. The van der Waals surface area contributed by atoms with Gasteiger partial charge in [-0.3, -0.25) is 4.79 Å². The van der Waals surface area contributed by atoms with Crippen LogP contribution in [-0.4, -0.2) is 35.5 Å². The third kappa shape index (κ3) is 3.08. The second-order valence-corrected chi connectivity index (χ2v) is 11.4. The summed E-state index contributed by atoms with van der Waals surface area (Å²) in [6.45, 7) is 5.30. The minimum Gasteiger partial charge on any atom is -0.390 e. The second-order valence-electron chi connectivity index (χ2n) is 10.8. The largest absolute Gasteiger partial charge is 0.390 e. The molecular formula is C23H37BrO3. The maximum atomic E-state index is 12.6. The van der Waals surface area contributed by atoms with E-state index in [9.17, 15) is 9.90 Å². The fourth-order valence-corrected chi connectivity index (χ4v) is 8.80. The van der Waals surface area contributed by atoms with Crippen molar-refractivity contribution in [1.82, 2.24) is 0 Å². The number of methoxy groups -OCH3 is 1. The van der Waals surface area contributed by atoms with Gasteiger partial charge in [0.2, 0.25) is 0 Å². The van der Waals surface area contributed by atoms with Crippen LogP contribution in [0.15, 0.2) is 0 Å². The van der Waals surface area contributed by atoms with Crippen LogP contribution in [-0.2, 0) is 9.53 Å². The lowest BCUT2D eigenvalue weighted by Gasteiger charge is -2.62. The summed E-state index contributed by atoms with van der Waals surface area (Å²) in [6.07, 6.45) is 10.2. The lowest BCUT2D eigenvalue weighted by molar-refractivity contribution is -0.175. The van der Waals surface area contributed by atoms with E-state index < -0.39 is 5.60 Å². The van der Waals surface area contributed by atoms with E-state index in [1.54, 1.807) is 0 Å². The highest BCUT2D eigenvalue weighted by Crippen LogP contribution is 2.68. The first-order chi connectivity index (χ1) is 12.8. The summed E-state index contributed by atoms with van der Waals surface area (Å²) in [5, 5.41) is 11.2. The van der Waals surface area contributed by atoms with Gasteiger partial charge in [-0.25, -0.2) is 0 Å². The summed E-state index contributed by atoms with van der Waals surface area (Å²) in [7, 11) is 1.86. The fraction of sp³-hybridized carbons (Fsp3) is 0.957. The molecule has 0 aromatic heterocycles. The van der Waals surface area contributed by atoms with Crippen molar-refractivity contribution in [3.63, 3.8) is 0 Å². The zero-order valence-electron chi connectivity index (χ0n) is 17.3. The number of rotatable bonds is 4. The third-order valence-corrected chi connectivity index (χ3v) is 10.1. The molecule has 1 N–H and O–H groups in total. The number of halogens is 1. The van der Waals surface area contributed by atoms with Crippen molar-refractivity contribution >= 4 is 21.7 Å². The van der Waals surface area contributed by atoms with E-state index in [1.807, 2.05) is 14.0 Å². The quantitative estimate of drug-likeness (QED) is 0.626. The first-order valence-electron chi connectivity index (χ1n) is 11.1. The molecule has 0 aliphatic heterocycles. The van der Waals surface area contributed by atoms with Gasteiger partial charge in [-0.15, -0.1) is 0 Å². The topological polar surface area (TPSA) is 46.5 Å². The van der Waals surface area contributed by atoms with Crippen LogP contribution in [0.3, 0.4) is 0 Å². The normalized spacial score (nSPS) is 52.0. The number of fused-ring (bicyclic) bond motifs is 5. The van der Waals surface area contributed by atoms with E-state index in [0.29, 0.717) is 28.9 Å². The van der Waals surface area contributed by atoms with Crippen LogP contribution < -0.4 is 0 Å². The van der Waals surface area contributed by atoms with Crippen LogP contribution in [0.2, 0.25) is 0 Å². The Morgan fingerprint density at radius 3 is 2.56 bits per heavy atom. The standard InChI is InChI=1S/C23H37BrO3/c1-21(26)10-11-23(14-27-3)15(12-21)4-5-16-17-6-7-19(20(25)13-24)22(17,2)9-8-18(16)23/h15-19,26H,4-14H2,1-3H3/t15?,16-,17-,18-,19+,21+,22?,23+/m0/s1. The zero-order valence-corrected chi connectivity index (χ0v) is 18.9. The Kier molecular flexibility index (Phi) is 5.34. The molecule has 0 heterocycles. The highest BCUT2D eigenvalue weighted by atomic mass is 79.9. The number of ketones is 1. The van der Waals surface area contributed by atoms with Crippen molar-refractivity contribution in [2.24, 2.45) is 40.4 Å². The number of Topliss-reactive ketones (excluding diaryl/α,β-unsaturated/α-hetero) is 1. The molecule has 4 aliphatic rings. The molecule has 0 aromatic carbocycles. The Labute approximate surface area is 173 Å². The Morgan fingerprint density at radius 1 is 1.07 bits per heavy atom. The molecule has 8 atom stereocenters. The summed E-state index contributed by atoms with van der Waals surface area (Å²) in [5.41, 5.74) is -0.0509. The van der Waals surface area contributed by atoms with E-state index in [2.05, 4.69) is 22.9 Å². The van der Waals surface area contributed by atoms with E-state index in [4.69, 9.17) is 4.74 Å². The summed E-state index contributed by atoms with van der Waals surface area (Å²) >= 11 is 3.43. The van der Waals surface area contributed by atoms with Crippen LogP contribution in [0.25, 0.3) is 0 Å². The lowest BCUT2D eigenvalue weighted by atomic mass is 9.43. The Balaban J connectivity index is 1.63. The van der Waals surface area contributed by atoms with E-state index in [-0.39, 0.29) is 16.7 Å². The summed E-state index contributed by atoms with van der Waals surface area (Å²) < 4.78 is 5.83. The molecule has 0 saturated heterocycles. The first-order valence-corrected chi connectivity index (χ1v) is 12.2. The minimum atomic E-state index is -0.501. The van der Waals surface area contributed by atoms with E-state index in [1.165, 1.54) is 32.1 Å². The molecule has 4 fully saturated rings. The maximum Gasteiger partial charge on any atom is 0.147 e. The van der Waals surface area contributed by atoms with Crippen molar-refractivity contribution in [2.75, 3.05) is 19.0 Å². The SMILES string of the molecule is COC[C@]12CC[C@@](C)(O)CC1CC[C@H]1[C@@H]3CC[C@H](C(=O)CBr)C3(C)CC[C@@H]12. The number of aliphatic hydroxyl groups is 1. The van der Waals surface area contributed by atoms with Gasteiger partial charge < -0.3 is 9.84 Å². The van der Waals surface area contributed by atoms with Crippen molar-refractivity contribution < 1.29 is 14.6 Å². The Bertz CT molecular complexity index is 590. The molecule has 3 nitrogen and oxygen atoms in total. The van der Waals surface area contributed by atoms with Gasteiger partial charge in [0.15, 0.2) is 0 Å².